The molecule has 1 aromatic carbocycles. The van der Waals surface area contributed by atoms with E-state index in [1.54, 1.807) is 12.1 Å². The predicted molar refractivity (Wildman–Crippen MR) is 130 cm³/mol. The number of carbonyl (C=O) groups is 1. The lowest BCUT2D eigenvalue weighted by Gasteiger charge is -2.36. The summed E-state index contributed by atoms with van der Waals surface area (Å²) in [5.41, 5.74) is 1.02. The van der Waals surface area contributed by atoms with Gasteiger partial charge in [0, 0.05) is 52.4 Å². The van der Waals surface area contributed by atoms with E-state index in [9.17, 15) is 9.18 Å². The Kier molecular flexibility index (Phi) is 10.8. The maximum atomic E-state index is 13.3. The van der Waals surface area contributed by atoms with E-state index in [4.69, 9.17) is 4.99 Å². The van der Waals surface area contributed by atoms with Crippen molar-refractivity contribution in [3.8, 4) is 0 Å². The second kappa shape index (κ2) is 13.1. The summed E-state index contributed by atoms with van der Waals surface area (Å²) >= 11 is 0. The smallest absolute Gasteiger partial charge is 0.236 e. The minimum atomic E-state index is -0.180. The minimum Gasteiger partial charge on any atom is -0.357 e. The van der Waals surface area contributed by atoms with Gasteiger partial charge in [-0.1, -0.05) is 12.1 Å². The normalized spacial score (nSPS) is 17.7. The Morgan fingerprint density at radius 2 is 1.83 bits per heavy atom. The number of hydrogen-bond donors (Lipinski definition) is 1. The van der Waals surface area contributed by atoms with Crippen LogP contribution < -0.4 is 5.32 Å². The summed E-state index contributed by atoms with van der Waals surface area (Å²) in [6, 6.07) is 6.79. The first-order chi connectivity index (χ1) is 14.2. The number of likely N-dealkylation sites (tertiary alicyclic amines) is 1. The van der Waals surface area contributed by atoms with Gasteiger partial charge in [0.2, 0.25) is 5.91 Å². The van der Waals surface area contributed by atoms with E-state index < -0.39 is 0 Å². The molecule has 0 spiro atoms. The highest BCUT2D eigenvalue weighted by Gasteiger charge is 2.24. The lowest BCUT2D eigenvalue weighted by molar-refractivity contribution is -0.131. The van der Waals surface area contributed by atoms with E-state index in [-0.39, 0.29) is 35.7 Å². The van der Waals surface area contributed by atoms with E-state index in [0.717, 1.165) is 83.0 Å². The molecule has 2 aliphatic rings. The third kappa shape index (κ3) is 7.68. The second-order valence-electron chi connectivity index (χ2n) is 7.82. The zero-order valence-corrected chi connectivity index (χ0v) is 20.3. The van der Waals surface area contributed by atoms with Gasteiger partial charge in [-0.15, -0.1) is 24.0 Å². The Labute approximate surface area is 196 Å². The molecule has 2 fully saturated rings. The molecule has 8 heteroatoms. The van der Waals surface area contributed by atoms with Crippen molar-refractivity contribution in [3.05, 3.63) is 35.6 Å². The quantitative estimate of drug-likeness (QED) is 0.255. The van der Waals surface area contributed by atoms with Crippen molar-refractivity contribution in [3.63, 3.8) is 0 Å². The number of halogens is 2. The highest BCUT2D eigenvalue weighted by atomic mass is 127. The fourth-order valence-corrected chi connectivity index (χ4v) is 3.96. The summed E-state index contributed by atoms with van der Waals surface area (Å²) in [7, 11) is 0. The largest absolute Gasteiger partial charge is 0.357 e. The molecule has 6 nitrogen and oxygen atoms in total. The average molecular weight is 531 g/mol. The molecule has 30 heavy (non-hydrogen) atoms. The molecule has 2 saturated heterocycles. The third-order valence-electron chi connectivity index (χ3n) is 5.60. The molecule has 0 aromatic heterocycles. The van der Waals surface area contributed by atoms with Gasteiger partial charge in [0.15, 0.2) is 5.96 Å². The van der Waals surface area contributed by atoms with E-state index in [2.05, 4.69) is 22.0 Å². The van der Waals surface area contributed by atoms with Crippen LogP contribution in [0.15, 0.2) is 29.3 Å². The summed E-state index contributed by atoms with van der Waals surface area (Å²) in [6.07, 6.45) is 4.00. The van der Waals surface area contributed by atoms with Crippen molar-refractivity contribution in [1.29, 1.82) is 0 Å². The Bertz CT molecular complexity index is 688. The van der Waals surface area contributed by atoms with Crippen LogP contribution in [0.5, 0.6) is 0 Å². The van der Waals surface area contributed by atoms with Crippen LogP contribution >= 0.6 is 24.0 Å². The molecular weight excluding hydrogens is 496 g/mol. The summed E-state index contributed by atoms with van der Waals surface area (Å²) in [5, 5.41) is 3.38. The predicted octanol–water partition coefficient (Wildman–Crippen LogP) is 2.58. The molecule has 0 unspecified atom stereocenters. The van der Waals surface area contributed by atoms with Crippen molar-refractivity contribution in [2.45, 2.75) is 32.6 Å². The highest BCUT2D eigenvalue weighted by Crippen LogP contribution is 2.10. The third-order valence-corrected chi connectivity index (χ3v) is 5.60. The number of aliphatic imine (C=N–C) groups is 1. The van der Waals surface area contributed by atoms with Gasteiger partial charge in [0.25, 0.3) is 0 Å². The van der Waals surface area contributed by atoms with Crippen LogP contribution in [0, 0.1) is 5.82 Å². The van der Waals surface area contributed by atoms with Gasteiger partial charge >= 0.3 is 0 Å². The topological polar surface area (TPSA) is 51.2 Å². The number of aryl methyl sites for hydroxylation is 1. The number of guanidine groups is 1. The Morgan fingerprint density at radius 1 is 1.10 bits per heavy atom. The molecule has 1 N–H and O–H groups in total. The summed E-state index contributed by atoms with van der Waals surface area (Å²) in [4.78, 5) is 23.7. The molecule has 1 amide bonds. The zero-order chi connectivity index (χ0) is 20.5. The van der Waals surface area contributed by atoms with Crippen molar-refractivity contribution in [2.75, 3.05) is 58.9 Å². The van der Waals surface area contributed by atoms with Crippen molar-refractivity contribution < 1.29 is 9.18 Å². The van der Waals surface area contributed by atoms with E-state index in [1.165, 1.54) is 6.07 Å². The van der Waals surface area contributed by atoms with Crippen LogP contribution in [0.2, 0.25) is 0 Å². The maximum absolute atomic E-state index is 13.3. The number of carbonyl (C=O) groups excluding carboxylic acids is 1. The van der Waals surface area contributed by atoms with Crippen LogP contribution in [0.3, 0.4) is 0 Å². The molecule has 3 rings (SSSR count). The van der Waals surface area contributed by atoms with Gasteiger partial charge in [0.05, 0.1) is 6.54 Å². The standard InChI is InChI=1S/C22H34FN5O.HI/c1-2-24-22(25-10-6-8-19-7-5-9-20(23)17-19)28-15-13-26(14-16-28)18-21(29)27-11-3-4-12-27;/h5,7,9,17H,2-4,6,8,10-16,18H2,1H3,(H,24,25);1H. The minimum absolute atomic E-state index is 0. The first-order valence-electron chi connectivity index (χ1n) is 10.9. The second-order valence-corrected chi connectivity index (χ2v) is 7.82. The van der Waals surface area contributed by atoms with E-state index >= 15 is 0 Å². The molecule has 0 radical (unpaired) electrons. The van der Waals surface area contributed by atoms with Gasteiger partial charge in [0.1, 0.15) is 5.82 Å². The lowest BCUT2D eigenvalue weighted by atomic mass is 10.1. The molecule has 2 heterocycles. The molecule has 0 atom stereocenters. The molecule has 0 saturated carbocycles. The SMILES string of the molecule is CCNC(=NCCCc1cccc(F)c1)N1CCN(CC(=O)N2CCCC2)CC1.I. The molecule has 168 valence electrons. The van der Waals surface area contributed by atoms with Gasteiger partial charge < -0.3 is 15.1 Å². The maximum Gasteiger partial charge on any atom is 0.236 e. The van der Waals surface area contributed by atoms with Gasteiger partial charge in [-0.25, -0.2) is 4.39 Å². The van der Waals surface area contributed by atoms with Crippen LogP contribution in [0.4, 0.5) is 4.39 Å². The first kappa shape index (κ1) is 24.8. The molecule has 0 aliphatic carbocycles. The van der Waals surface area contributed by atoms with Gasteiger partial charge in [-0.2, -0.15) is 0 Å². The monoisotopic (exact) mass is 531 g/mol. The molecule has 1 aromatic rings. The Hall–Kier alpha value is -1.42. The van der Waals surface area contributed by atoms with Crippen LogP contribution in [-0.4, -0.2) is 85.5 Å². The van der Waals surface area contributed by atoms with Crippen molar-refractivity contribution in [1.82, 2.24) is 20.0 Å². The highest BCUT2D eigenvalue weighted by molar-refractivity contribution is 14.0. The van der Waals surface area contributed by atoms with Crippen molar-refractivity contribution in [2.24, 2.45) is 4.99 Å². The number of nitrogens with one attached hydrogen (secondary N) is 1. The molecule has 2 aliphatic heterocycles. The summed E-state index contributed by atoms with van der Waals surface area (Å²) < 4.78 is 13.3. The average Bonchev–Trinajstić information content (AvgIpc) is 3.26. The fraction of sp³-hybridized carbons (Fsp3) is 0.636. The van der Waals surface area contributed by atoms with Gasteiger partial charge in [-0.3, -0.25) is 14.7 Å². The molecule has 0 bridgehead atoms. The number of rotatable bonds is 7. The first-order valence-corrected chi connectivity index (χ1v) is 10.9. The van der Waals surface area contributed by atoms with E-state index in [0.29, 0.717) is 13.1 Å². The number of piperazine rings is 1. The number of amides is 1. The van der Waals surface area contributed by atoms with Crippen LogP contribution in [0.25, 0.3) is 0 Å². The van der Waals surface area contributed by atoms with Crippen LogP contribution in [0.1, 0.15) is 31.7 Å². The summed E-state index contributed by atoms with van der Waals surface area (Å²) in [6.45, 7) is 9.52. The Balaban J connectivity index is 0.00000320. The van der Waals surface area contributed by atoms with Gasteiger partial charge in [-0.05, 0) is 50.3 Å². The Morgan fingerprint density at radius 3 is 2.50 bits per heavy atom. The van der Waals surface area contributed by atoms with E-state index in [1.807, 2.05) is 11.0 Å². The lowest BCUT2D eigenvalue weighted by Crippen LogP contribution is -2.54. The number of hydrogen-bond acceptors (Lipinski definition) is 3. The number of nitrogens with zero attached hydrogens (tertiary/aromatic N) is 4. The zero-order valence-electron chi connectivity index (χ0n) is 18.0. The van der Waals surface area contributed by atoms with Crippen LogP contribution in [-0.2, 0) is 11.2 Å². The summed E-state index contributed by atoms with van der Waals surface area (Å²) in [5.74, 6) is 1.03. The fourth-order valence-electron chi connectivity index (χ4n) is 3.96. The van der Waals surface area contributed by atoms with Crippen molar-refractivity contribution >= 4 is 35.8 Å². The molecular formula is C22H35FIN5O. The number of benzene rings is 1.